The van der Waals surface area contributed by atoms with E-state index < -0.39 is 23.1 Å². The van der Waals surface area contributed by atoms with Crippen LogP contribution in [0.25, 0.3) is 0 Å². The highest BCUT2D eigenvalue weighted by Crippen LogP contribution is 2.35. The topological polar surface area (TPSA) is 95.3 Å². The first-order valence-electron chi connectivity index (χ1n) is 7.47. The van der Waals surface area contributed by atoms with Gasteiger partial charge in [0.2, 0.25) is 6.67 Å². The van der Waals surface area contributed by atoms with E-state index in [9.17, 15) is 14.4 Å². The summed E-state index contributed by atoms with van der Waals surface area (Å²) in [5.41, 5.74) is 1.86. The lowest BCUT2D eigenvalue weighted by atomic mass is 10.2. The van der Waals surface area contributed by atoms with Gasteiger partial charge in [0.25, 0.3) is 0 Å². The predicted octanol–water partition coefficient (Wildman–Crippen LogP) is 3.24. The molecule has 24 heavy (non-hydrogen) atoms. The lowest BCUT2D eigenvalue weighted by Gasteiger charge is -2.33. The number of hydrogen-bond acceptors (Lipinski definition) is 7. The average molecular weight is 361 g/mol. The lowest BCUT2D eigenvalue weighted by Crippen LogP contribution is -2.49. The molecule has 0 saturated carbocycles. The Morgan fingerprint density at radius 2 is 2.29 bits per heavy atom. The molecule has 1 aromatic carbocycles. The molecule has 1 aliphatic heterocycles. The monoisotopic (exact) mass is 360 g/mol. The number of benzene rings is 1. The van der Waals surface area contributed by atoms with Crippen molar-refractivity contribution in [1.82, 2.24) is 10.3 Å². The maximum Gasteiger partial charge on any atom is 0.344 e. The third-order valence-electron chi connectivity index (χ3n) is 3.29. The van der Waals surface area contributed by atoms with Crippen molar-refractivity contribution in [3.05, 3.63) is 28.2 Å². The quantitative estimate of drug-likeness (QED) is 0.332. The molecule has 1 aromatic rings. The smallest absolute Gasteiger partial charge is 0.344 e. The Balaban J connectivity index is 1.99. The first-order valence-corrected chi connectivity index (χ1v) is 7.85. The Labute approximate surface area is 143 Å². The lowest BCUT2D eigenvalue weighted by molar-refractivity contribution is -0.146. The third kappa shape index (κ3) is 4.53. The Kier molecular flexibility index (Phi) is 6.29. The van der Waals surface area contributed by atoms with Gasteiger partial charge < -0.3 is 14.7 Å². The first kappa shape index (κ1) is 18.4. The molecule has 0 radical (unpaired) electrons. The van der Waals surface area contributed by atoms with Crippen LogP contribution in [0, 0.1) is 11.0 Å². The number of esters is 1. The molecule has 1 unspecified atom stereocenters. The summed E-state index contributed by atoms with van der Waals surface area (Å²) in [6.45, 7) is 1.64. The number of carbonyl (C=O) groups excluding carboxylic acids is 1. The number of hydroxylamine groups is 1. The van der Waals surface area contributed by atoms with Crippen LogP contribution in [-0.2, 0) is 9.53 Å². The zero-order chi connectivity index (χ0) is 17.6. The minimum Gasteiger partial charge on any atom is -0.598 e. The predicted molar refractivity (Wildman–Crippen MR) is 85.4 cm³/mol. The van der Waals surface area contributed by atoms with Crippen LogP contribution in [0.15, 0.2) is 22.5 Å². The summed E-state index contributed by atoms with van der Waals surface area (Å²) in [7, 11) is 0. The van der Waals surface area contributed by atoms with E-state index in [1.54, 1.807) is 0 Å². The van der Waals surface area contributed by atoms with E-state index >= 15 is 0 Å². The highest BCUT2D eigenvalue weighted by molar-refractivity contribution is 6.32. The van der Waals surface area contributed by atoms with Crippen LogP contribution in [0.4, 0.5) is 10.1 Å². The van der Waals surface area contributed by atoms with Gasteiger partial charge in [-0.2, -0.15) is 4.76 Å². The second-order valence-electron chi connectivity index (χ2n) is 5.17. The number of quaternary nitrogens is 1. The Morgan fingerprint density at radius 3 is 2.96 bits per heavy atom. The number of halogens is 2. The second-order valence-corrected chi connectivity index (χ2v) is 5.58. The van der Waals surface area contributed by atoms with Gasteiger partial charge in [0, 0.05) is 12.1 Å². The minimum absolute atomic E-state index is 0.000579. The average Bonchev–Trinajstić information content (AvgIpc) is 2.98. The van der Waals surface area contributed by atoms with E-state index in [0.29, 0.717) is 6.61 Å². The van der Waals surface area contributed by atoms with Gasteiger partial charge in [0.05, 0.1) is 11.6 Å². The maximum atomic E-state index is 14.0. The molecule has 132 valence electrons. The number of rotatable bonds is 8. The molecule has 1 atom stereocenters. The fraction of sp³-hybridized carbons (Fsp3) is 0.500. The molecular formula is C14H18ClFN4O4. The standard InChI is InChI=1S/C14H18ClFN4O4/c1-2-3-4-5-23-14(21)8-24-13-7-12(11(16)6-10(13)15)20(22)9-17-18-19-20/h6-7H,2-5,8-9H2,1H3,(H,17,19). The van der Waals surface area contributed by atoms with E-state index in [2.05, 4.69) is 15.9 Å². The summed E-state index contributed by atoms with van der Waals surface area (Å²) in [6, 6.07) is 2.06. The van der Waals surface area contributed by atoms with Gasteiger partial charge in [-0.1, -0.05) is 31.4 Å². The molecular weight excluding hydrogens is 343 g/mol. The number of unbranched alkanes of at least 4 members (excludes halogenated alkanes) is 2. The second kappa shape index (κ2) is 8.22. The van der Waals surface area contributed by atoms with Crippen molar-refractivity contribution < 1.29 is 18.7 Å². The summed E-state index contributed by atoms with van der Waals surface area (Å²) >= 11 is 5.89. The third-order valence-corrected chi connectivity index (χ3v) is 3.58. The molecule has 1 aliphatic rings. The summed E-state index contributed by atoms with van der Waals surface area (Å²) < 4.78 is 22.9. The van der Waals surface area contributed by atoms with Gasteiger partial charge >= 0.3 is 5.97 Å². The molecule has 0 bridgehead atoms. The molecule has 1 heterocycles. The molecule has 0 fully saturated rings. The first-order chi connectivity index (χ1) is 11.5. The van der Waals surface area contributed by atoms with Crippen LogP contribution in [-0.4, -0.2) is 25.9 Å². The zero-order valence-electron chi connectivity index (χ0n) is 13.1. The van der Waals surface area contributed by atoms with Gasteiger partial charge in [-0.05, 0) is 11.6 Å². The summed E-state index contributed by atoms with van der Waals surface area (Å²) in [5.74, 6) is -1.40. The summed E-state index contributed by atoms with van der Waals surface area (Å²) in [4.78, 5) is 11.6. The van der Waals surface area contributed by atoms with E-state index in [4.69, 9.17) is 21.1 Å². The van der Waals surface area contributed by atoms with Crippen LogP contribution in [0.2, 0.25) is 5.02 Å². The molecule has 0 saturated heterocycles. The fourth-order valence-corrected chi connectivity index (χ4v) is 2.21. The van der Waals surface area contributed by atoms with Crippen LogP contribution >= 0.6 is 11.6 Å². The maximum absolute atomic E-state index is 14.0. The molecule has 0 aliphatic carbocycles. The summed E-state index contributed by atoms with van der Waals surface area (Å²) in [6.07, 6.45) is 2.76. The van der Waals surface area contributed by atoms with Gasteiger partial charge in [-0.15, -0.1) is 10.6 Å². The van der Waals surface area contributed by atoms with Gasteiger partial charge in [0.1, 0.15) is 5.75 Å². The Bertz CT molecular complexity index is 621. The molecule has 0 amide bonds. The molecule has 1 N–H and O–H groups in total. The van der Waals surface area contributed by atoms with Gasteiger partial charge in [0.15, 0.2) is 18.1 Å². The van der Waals surface area contributed by atoms with Crippen molar-refractivity contribution in [1.29, 1.82) is 0 Å². The SMILES string of the molecule is CCCCCOC(=O)COc1cc([N+]2([O-])CN=NN2)c(F)cc1Cl. The molecule has 0 aromatic heterocycles. The van der Waals surface area contributed by atoms with Gasteiger partial charge in [-0.25, -0.2) is 9.18 Å². The van der Waals surface area contributed by atoms with Crippen molar-refractivity contribution in [3.8, 4) is 5.75 Å². The molecule has 0 spiro atoms. The largest absolute Gasteiger partial charge is 0.598 e. The number of nitrogens with zero attached hydrogens (tertiary/aromatic N) is 3. The number of ether oxygens (including phenoxy) is 2. The van der Waals surface area contributed by atoms with Crippen molar-refractivity contribution in [2.45, 2.75) is 26.2 Å². The normalized spacial score (nSPS) is 19.2. The van der Waals surface area contributed by atoms with E-state index in [-0.39, 0.29) is 23.1 Å². The number of hydrogen-bond donors (Lipinski definition) is 1. The number of carbonyl (C=O) groups is 1. The fourth-order valence-electron chi connectivity index (χ4n) is 2.01. The van der Waals surface area contributed by atoms with Crippen LogP contribution < -0.4 is 15.0 Å². The highest BCUT2D eigenvalue weighted by atomic mass is 35.5. The van der Waals surface area contributed by atoms with E-state index in [1.807, 2.05) is 6.92 Å². The zero-order valence-corrected chi connectivity index (χ0v) is 13.9. The molecule has 2 rings (SSSR count). The molecule has 10 heteroatoms. The molecule has 8 nitrogen and oxygen atoms in total. The van der Waals surface area contributed by atoms with Crippen molar-refractivity contribution in [2.75, 3.05) is 19.9 Å². The highest BCUT2D eigenvalue weighted by Gasteiger charge is 2.30. The van der Waals surface area contributed by atoms with Crippen molar-refractivity contribution in [2.24, 2.45) is 10.3 Å². The van der Waals surface area contributed by atoms with Gasteiger partial charge in [-0.3, -0.25) is 0 Å². The van der Waals surface area contributed by atoms with Crippen molar-refractivity contribution >= 4 is 23.3 Å². The Morgan fingerprint density at radius 1 is 1.50 bits per heavy atom. The van der Waals surface area contributed by atoms with Crippen LogP contribution in [0.3, 0.4) is 0 Å². The Hall–Kier alpha value is -1.97. The summed E-state index contributed by atoms with van der Waals surface area (Å²) in [5, 5.41) is 19.1. The van der Waals surface area contributed by atoms with E-state index in [0.717, 1.165) is 31.4 Å². The van der Waals surface area contributed by atoms with Crippen LogP contribution in [0.5, 0.6) is 5.75 Å². The van der Waals surface area contributed by atoms with Crippen molar-refractivity contribution in [3.63, 3.8) is 0 Å². The minimum atomic E-state index is -1.30. The van der Waals surface area contributed by atoms with E-state index in [1.165, 1.54) is 0 Å². The van der Waals surface area contributed by atoms with Crippen LogP contribution in [0.1, 0.15) is 26.2 Å². The number of nitrogens with one attached hydrogen (secondary N) is 1.